The molecule has 0 amide bonds. The van der Waals surface area contributed by atoms with Crippen LogP contribution in [0.5, 0.6) is 0 Å². The average molecular weight is 209 g/mol. The van der Waals surface area contributed by atoms with Gasteiger partial charge in [0.1, 0.15) is 11.5 Å². The van der Waals surface area contributed by atoms with Crippen LogP contribution in [0.15, 0.2) is 16.5 Å². The standard InChI is InChI=1S/C13H23NO/c1-5-11-7-8-12(15-11)9-14-13(6-2)10(3)4/h7-8,10,13-14H,5-6,9H2,1-4H3. The smallest absolute Gasteiger partial charge is 0.117 e. The minimum Gasteiger partial charge on any atom is -0.465 e. The van der Waals surface area contributed by atoms with Crippen molar-refractivity contribution in [2.24, 2.45) is 5.92 Å². The second kappa shape index (κ2) is 5.96. The first-order valence-corrected chi connectivity index (χ1v) is 5.98. The minimum absolute atomic E-state index is 0.583. The lowest BCUT2D eigenvalue weighted by Gasteiger charge is -2.19. The molecular formula is C13H23NO. The van der Waals surface area contributed by atoms with E-state index in [1.54, 1.807) is 0 Å². The fourth-order valence-electron chi connectivity index (χ4n) is 1.79. The second-order valence-corrected chi connectivity index (χ2v) is 4.36. The van der Waals surface area contributed by atoms with Crippen molar-refractivity contribution in [2.75, 3.05) is 0 Å². The molecule has 0 fully saturated rings. The topological polar surface area (TPSA) is 25.2 Å². The van der Waals surface area contributed by atoms with Crippen molar-refractivity contribution >= 4 is 0 Å². The van der Waals surface area contributed by atoms with E-state index in [1.807, 2.05) is 0 Å². The van der Waals surface area contributed by atoms with Crippen molar-refractivity contribution in [2.45, 2.75) is 53.1 Å². The molecular weight excluding hydrogens is 186 g/mol. The van der Waals surface area contributed by atoms with E-state index in [0.29, 0.717) is 12.0 Å². The molecule has 0 aromatic carbocycles. The van der Waals surface area contributed by atoms with Crippen molar-refractivity contribution in [1.82, 2.24) is 5.32 Å². The zero-order chi connectivity index (χ0) is 11.3. The summed E-state index contributed by atoms with van der Waals surface area (Å²) in [4.78, 5) is 0. The van der Waals surface area contributed by atoms with Crippen LogP contribution >= 0.6 is 0 Å². The van der Waals surface area contributed by atoms with Gasteiger partial charge in [-0.25, -0.2) is 0 Å². The number of furan rings is 1. The van der Waals surface area contributed by atoms with Gasteiger partial charge >= 0.3 is 0 Å². The SMILES string of the molecule is CCc1ccc(CNC(CC)C(C)C)o1. The van der Waals surface area contributed by atoms with E-state index in [4.69, 9.17) is 4.42 Å². The first-order valence-electron chi connectivity index (χ1n) is 5.98. The van der Waals surface area contributed by atoms with Crippen molar-refractivity contribution < 1.29 is 4.42 Å². The first kappa shape index (κ1) is 12.3. The molecule has 0 spiro atoms. The third kappa shape index (κ3) is 3.71. The predicted octanol–water partition coefficient (Wildman–Crippen LogP) is 3.37. The summed E-state index contributed by atoms with van der Waals surface area (Å²) in [7, 11) is 0. The van der Waals surface area contributed by atoms with Gasteiger partial charge in [0.2, 0.25) is 0 Å². The molecule has 0 aliphatic carbocycles. The van der Waals surface area contributed by atoms with Gasteiger partial charge in [0.15, 0.2) is 0 Å². The fraction of sp³-hybridized carbons (Fsp3) is 0.692. The van der Waals surface area contributed by atoms with Crippen molar-refractivity contribution in [3.8, 4) is 0 Å². The van der Waals surface area contributed by atoms with Gasteiger partial charge in [0, 0.05) is 12.5 Å². The van der Waals surface area contributed by atoms with E-state index < -0.39 is 0 Å². The Labute approximate surface area is 93.1 Å². The molecule has 15 heavy (non-hydrogen) atoms. The summed E-state index contributed by atoms with van der Waals surface area (Å²) in [5, 5.41) is 3.53. The van der Waals surface area contributed by atoms with Gasteiger partial charge in [-0.2, -0.15) is 0 Å². The van der Waals surface area contributed by atoms with E-state index in [1.165, 1.54) is 6.42 Å². The Morgan fingerprint density at radius 2 is 1.87 bits per heavy atom. The van der Waals surface area contributed by atoms with E-state index in [2.05, 4.69) is 45.1 Å². The van der Waals surface area contributed by atoms with Gasteiger partial charge in [-0.15, -0.1) is 0 Å². The molecule has 0 saturated heterocycles. The molecule has 1 N–H and O–H groups in total. The molecule has 0 saturated carbocycles. The fourth-order valence-corrected chi connectivity index (χ4v) is 1.79. The Morgan fingerprint density at radius 1 is 1.20 bits per heavy atom. The molecule has 2 heteroatoms. The molecule has 0 bridgehead atoms. The molecule has 1 aromatic heterocycles. The molecule has 2 nitrogen and oxygen atoms in total. The quantitative estimate of drug-likeness (QED) is 0.777. The molecule has 86 valence electrons. The summed E-state index contributed by atoms with van der Waals surface area (Å²) in [6, 6.07) is 4.71. The molecule has 1 rings (SSSR count). The van der Waals surface area contributed by atoms with Crippen LogP contribution in [0.1, 0.15) is 45.6 Å². The summed E-state index contributed by atoms with van der Waals surface area (Å²) in [6.45, 7) is 9.68. The van der Waals surface area contributed by atoms with Gasteiger partial charge in [-0.05, 0) is 24.5 Å². The van der Waals surface area contributed by atoms with Gasteiger partial charge in [0.25, 0.3) is 0 Å². The predicted molar refractivity (Wildman–Crippen MR) is 63.8 cm³/mol. The van der Waals surface area contributed by atoms with Crippen LogP contribution < -0.4 is 5.32 Å². The molecule has 0 radical (unpaired) electrons. The lowest BCUT2D eigenvalue weighted by molar-refractivity contribution is 0.361. The van der Waals surface area contributed by atoms with Gasteiger partial charge in [-0.1, -0.05) is 27.7 Å². The number of hydrogen-bond acceptors (Lipinski definition) is 2. The highest BCUT2D eigenvalue weighted by Gasteiger charge is 2.10. The summed E-state index contributed by atoms with van der Waals surface area (Å²) in [5.41, 5.74) is 0. The van der Waals surface area contributed by atoms with Crippen molar-refractivity contribution in [3.05, 3.63) is 23.7 Å². The van der Waals surface area contributed by atoms with Crippen molar-refractivity contribution in [1.29, 1.82) is 0 Å². The summed E-state index contributed by atoms with van der Waals surface area (Å²) in [6.07, 6.45) is 2.14. The minimum atomic E-state index is 0.583. The maximum atomic E-state index is 5.64. The van der Waals surface area contributed by atoms with Gasteiger partial charge in [0.05, 0.1) is 6.54 Å². The number of aryl methyl sites for hydroxylation is 1. The van der Waals surface area contributed by atoms with Crippen LogP contribution in [-0.4, -0.2) is 6.04 Å². The van der Waals surface area contributed by atoms with Crippen LogP contribution in [-0.2, 0) is 13.0 Å². The maximum absolute atomic E-state index is 5.64. The summed E-state index contributed by atoms with van der Waals surface area (Å²) >= 11 is 0. The second-order valence-electron chi connectivity index (χ2n) is 4.36. The Bertz CT molecular complexity index is 278. The zero-order valence-electron chi connectivity index (χ0n) is 10.3. The van der Waals surface area contributed by atoms with Crippen LogP contribution in [0, 0.1) is 5.92 Å². The van der Waals surface area contributed by atoms with Crippen LogP contribution in [0.2, 0.25) is 0 Å². The normalized spacial score (nSPS) is 13.4. The molecule has 0 aliphatic heterocycles. The monoisotopic (exact) mass is 209 g/mol. The van der Waals surface area contributed by atoms with Gasteiger partial charge in [-0.3, -0.25) is 0 Å². The van der Waals surface area contributed by atoms with Crippen molar-refractivity contribution in [3.63, 3.8) is 0 Å². The van der Waals surface area contributed by atoms with E-state index in [0.717, 1.165) is 24.5 Å². The Kier molecular flexibility index (Phi) is 4.89. The highest BCUT2D eigenvalue weighted by molar-refractivity contribution is 5.06. The van der Waals surface area contributed by atoms with Crippen LogP contribution in [0.3, 0.4) is 0 Å². The van der Waals surface area contributed by atoms with E-state index in [-0.39, 0.29) is 0 Å². The molecule has 0 aliphatic rings. The summed E-state index contributed by atoms with van der Waals surface area (Å²) < 4.78 is 5.64. The summed E-state index contributed by atoms with van der Waals surface area (Å²) in [5.74, 6) is 2.80. The van der Waals surface area contributed by atoms with Crippen LogP contribution in [0.25, 0.3) is 0 Å². The Balaban J connectivity index is 2.41. The Hall–Kier alpha value is -0.760. The molecule has 1 atom stereocenters. The van der Waals surface area contributed by atoms with Crippen LogP contribution in [0.4, 0.5) is 0 Å². The number of rotatable bonds is 6. The third-order valence-electron chi connectivity index (χ3n) is 2.85. The number of hydrogen-bond donors (Lipinski definition) is 1. The first-order chi connectivity index (χ1) is 7.17. The lowest BCUT2D eigenvalue weighted by atomic mass is 10.0. The van der Waals surface area contributed by atoms with Gasteiger partial charge < -0.3 is 9.73 Å². The number of nitrogens with one attached hydrogen (secondary N) is 1. The highest BCUT2D eigenvalue weighted by Crippen LogP contribution is 2.10. The average Bonchev–Trinajstić information content (AvgIpc) is 2.66. The Morgan fingerprint density at radius 3 is 2.33 bits per heavy atom. The largest absolute Gasteiger partial charge is 0.465 e. The third-order valence-corrected chi connectivity index (χ3v) is 2.85. The van der Waals surface area contributed by atoms with E-state index in [9.17, 15) is 0 Å². The highest BCUT2D eigenvalue weighted by atomic mass is 16.3. The molecule has 1 heterocycles. The van der Waals surface area contributed by atoms with E-state index >= 15 is 0 Å². The zero-order valence-corrected chi connectivity index (χ0v) is 10.3. The molecule has 1 aromatic rings. The lowest BCUT2D eigenvalue weighted by Crippen LogP contribution is -2.32. The maximum Gasteiger partial charge on any atom is 0.117 e. The molecule has 1 unspecified atom stereocenters.